The molecule has 4 N–H and O–H groups in total. The zero-order valence-electron chi connectivity index (χ0n) is 11.1. The van der Waals surface area contributed by atoms with Gasteiger partial charge in [-0.25, -0.2) is 4.39 Å². The van der Waals surface area contributed by atoms with Crippen molar-refractivity contribution in [1.82, 2.24) is 0 Å². The normalized spacial score (nSPS) is 10.3. The zero-order valence-corrected chi connectivity index (χ0v) is 11.1. The van der Waals surface area contributed by atoms with Crippen molar-refractivity contribution in [2.75, 3.05) is 17.2 Å². The Balaban J connectivity index is 2.57. The highest BCUT2D eigenvalue weighted by Gasteiger charge is 2.18. The van der Waals surface area contributed by atoms with E-state index in [1.54, 1.807) is 30.3 Å². The largest absolute Gasteiger partial charge is 0.397 e. The lowest BCUT2D eigenvalue weighted by atomic mass is 10.1. The highest BCUT2D eigenvalue weighted by Crippen LogP contribution is 2.33. The summed E-state index contributed by atoms with van der Waals surface area (Å²) in [7, 11) is 0. The van der Waals surface area contributed by atoms with Crippen molar-refractivity contribution in [1.29, 1.82) is 0 Å². The number of halogens is 1. The van der Waals surface area contributed by atoms with Gasteiger partial charge in [-0.2, -0.15) is 0 Å². The van der Waals surface area contributed by atoms with Crippen LogP contribution in [0, 0.1) is 5.82 Å². The van der Waals surface area contributed by atoms with Gasteiger partial charge in [-0.15, -0.1) is 0 Å². The fourth-order valence-corrected chi connectivity index (χ4v) is 2.15. The maximum absolute atomic E-state index is 13.0. The Hall–Kier alpha value is -2.56. The summed E-state index contributed by atoms with van der Waals surface area (Å²) in [5.41, 5.74) is 13.5. The molecule has 0 fully saturated rings. The topological polar surface area (TPSA) is 72.3 Å². The zero-order chi connectivity index (χ0) is 14.7. The quantitative estimate of drug-likeness (QED) is 0.841. The van der Waals surface area contributed by atoms with E-state index in [0.29, 0.717) is 23.5 Å². The lowest BCUT2D eigenvalue weighted by molar-refractivity contribution is 0.100. The van der Waals surface area contributed by atoms with Gasteiger partial charge in [-0.3, -0.25) is 4.79 Å². The van der Waals surface area contributed by atoms with Crippen LogP contribution < -0.4 is 16.4 Å². The van der Waals surface area contributed by atoms with E-state index in [9.17, 15) is 9.18 Å². The van der Waals surface area contributed by atoms with Crippen LogP contribution in [0.3, 0.4) is 0 Å². The van der Waals surface area contributed by atoms with E-state index in [4.69, 9.17) is 11.5 Å². The van der Waals surface area contributed by atoms with Gasteiger partial charge < -0.3 is 16.4 Å². The summed E-state index contributed by atoms with van der Waals surface area (Å²) in [5, 5.41) is 0. The van der Waals surface area contributed by atoms with Crippen molar-refractivity contribution in [2.24, 2.45) is 5.73 Å². The number of nitrogen functional groups attached to an aromatic ring is 1. The minimum Gasteiger partial charge on any atom is -0.397 e. The summed E-state index contributed by atoms with van der Waals surface area (Å²) < 4.78 is 13.0. The molecule has 0 spiro atoms. The standard InChI is InChI=1S/C15H16FN3O/c1-2-19(11-8-6-10(16)7-9-11)14-12(15(18)20)4-3-5-13(14)17/h3-9H,2,17H2,1H3,(H2,18,20). The molecule has 0 unspecified atom stereocenters. The number of hydrogen-bond donors (Lipinski definition) is 2. The van der Waals surface area contributed by atoms with Crippen molar-refractivity contribution in [3.63, 3.8) is 0 Å². The van der Waals surface area contributed by atoms with E-state index in [1.165, 1.54) is 12.1 Å². The molecule has 0 aliphatic rings. The van der Waals surface area contributed by atoms with Crippen LogP contribution in [0.1, 0.15) is 17.3 Å². The SMILES string of the molecule is CCN(c1ccc(F)cc1)c1c(N)cccc1C(N)=O. The Morgan fingerprint density at radius 1 is 1.20 bits per heavy atom. The van der Waals surface area contributed by atoms with E-state index in [1.807, 2.05) is 11.8 Å². The molecule has 0 aromatic heterocycles. The predicted molar refractivity (Wildman–Crippen MR) is 78.5 cm³/mol. The first-order chi connectivity index (χ1) is 9.54. The molecular weight excluding hydrogens is 257 g/mol. The maximum Gasteiger partial charge on any atom is 0.250 e. The summed E-state index contributed by atoms with van der Waals surface area (Å²) in [6, 6.07) is 11.0. The number of benzene rings is 2. The van der Waals surface area contributed by atoms with Gasteiger partial charge in [0.1, 0.15) is 5.82 Å². The molecule has 0 saturated heterocycles. The monoisotopic (exact) mass is 273 g/mol. The van der Waals surface area contributed by atoms with Gasteiger partial charge in [0.15, 0.2) is 0 Å². The first-order valence-electron chi connectivity index (χ1n) is 6.26. The summed E-state index contributed by atoms with van der Waals surface area (Å²) in [4.78, 5) is 13.4. The van der Waals surface area contributed by atoms with Crippen molar-refractivity contribution >= 4 is 23.0 Å². The molecule has 0 saturated carbocycles. The number of carbonyl (C=O) groups is 1. The Kier molecular flexibility index (Phi) is 3.89. The smallest absolute Gasteiger partial charge is 0.250 e. The average molecular weight is 273 g/mol. The lowest BCUT2D eigenvalue weighted by Crippen LogP contribution is -2.23. The fraction of sp³-hybridized carbons (Fsp3) is 0.133. The van der Waals surface area contributed by atoms with Crippen LogP contribution in [0.25, 0.3) is 0 Å². The van der Waals surface area contributed by atoms with Gasteiger partial charge in [-0.05, 0) is 43.3 Å². The third-order valence-electron chi connectivity index (χ3n) is 3.06. The highest BCUT2D eigenvalue weighted by molar-refractivity contribution is 6.02. The molecule has 1 amide bonds. The number of amides is 1. The molecule has 0 heterocycles. The molecule has 0 aliphatic heterocycles. The number of rotatable bonds is 4. The molecule has 2 aromatic carbocycles. The maximum atomic E-state index is 13.0. The van der Waals surface area contributed by atoms with Crippen LogP contribution in [0.15, 0.2) is 42.5 Å². The van der Waals surface area contributed by atoms with Gasteiger partial charge in [0.25, 0.3) is 5.91 Å². The van der Waals surface area contributed by atoms with Gasteiger partial charge in [-0.1, -0.05) is 6.07 Å². The molecule has 4 nitrogen and oxygen atoms in total. The number of nitrogens with two attached hydrogens (primary N) is 2. The van der Waals surface area contributed by atoms with Gasteiger partial charge >= 0.3 is 0 Å². The van der Waals surface area contributed by atoms with E-state index in [2.05, 4.69) is 0 Å². The summed E-state index contributed by atoms with van der Waals surface area (Å²) >= 11 is 0. The second-order valence-electron chi connectivity index (χ2n) is 4.33. The Labute approximate surface area is 116 Å². The second-order valence-corrected chi connectivity index (χ2v) is 4.33. The lowest BCUT2D eigenvalue weighted by Gasteiger charge is -2.26. The van der Waals surface area contributed by atoms with Gasteiger partial charge in [0, 0.05) is 12.2 Å². The van der Waals surface area contributed by atoms with Crippen molar-refractivity contribution < 1.29 is 9.18 Å². The predicted octanol–water partition coefficient (Wildman–Crippen LogP) is 2.66. The number of anilines is 3. The van der Waals surface area contributed by atoms with Crippen molar-refractivity contribution in [3.05, 3.63) is 53.8 Å². The summed E-state index contributed by atoms with van der Waals surface area (Å²) in [6.07, 6.45) is 0. The fourth-order valence-electron chi connectivity index (χ4n) is 2.15. The molecule has 0 bridgehead atoms. The van der Waals surface area contributed by atoms with Crippen LogP contribution in [0.2, 0.25) is 0 Å². The molecule has 2 rings (SSSR count). The summed E-state index contributed by atoms with van der Waals surface area (Å²) in [5.74, 6) is -0.867. The number of carbonyl (C=O) groups excluding carboxylic acids is 1. The minimum atomic E-state index is -0.548. The van der Waals surface area contributed by atoms with E-state index in [-0.39, 0.29) is 5.82 Å². The Bertz CT molecular complexity index is 626. The highest BCUT2D eigenvalue weighted by atomic mass is 19.1. The van der Waals surface area contributed by atoms with Gasteiger partial charge in [0.2, 0.25) is 0 Å². The van der Waals surface area contributed by atoms with Crippen LogP contribution in [-0.4, -0.2) is 12.5 Å². The van der Waals surface area contributed by atoms with Crippen LogP contribution in [0.5, 0.6) is 0 Å². The Morgan fingerprint density at radius 3 is 2.40 bits per heavy atom. The molecule has 2 aromatic rings. The van der Waals surface area contributed by atoms with Crippen molar-refractivity contribution in [2.45, 2.75) is 6.92 Å². The van der Waals surface area contributed by atoms with Crippen molar-refractivity contribution in [3.8, 4) is 0 Å². The van der Waals surface area contributed by atoms with Crippen LogP contribution in [-0.2, 0) is 0 Å². The number of hydrogen-bond acceptors (Lipinski definition) is 3. The summed E-state index contributed by atoms with van der Waals surface area (Å²) in [6.45, 7) is 2.49. The molecule has 20 heavy (non-hydrogen) atoms. The molecule has 0 aliphatic carbocycles. The average Bonchev–Trinajstić information content (AvgIpc) is 2.43. The first-order valence-corrected chi connectivity index (χ1v) is 6.26. The second kappa shape index (κ2) is 5.61. The minimum absolute atomic E-state index is 0.319. The van der Waals surface area contributed by atoms with Gasteiger partial charge in [0.05, 0.1) is 16.9 Å². The number of nitrogens with zero attached hydrogens (tertiary/aromatic N) is 1. The third kappa shape index (κ3) is 2.56. The first kappa shape index (κ1) is 13.9. The van der Waals surface area contributed by atoms with E-state index in [0.717, 1.165) is 5.69 Å². The van der Waals surface area contributed by atoms with Crippen LogP contribution in [0.4, 0.5) is 21.5 Å². The Morgan fingerprint density at radius 2 is 1.85 bits per heavy atom. The third-order valence-corrected chi connectivity index (χ3v) is 3.06. The molecule has 104 valence electrons. The molecular formula is C15H16FN3O. The molecule has 0 atom stereocenters. The molecule has 0 radical (unpaired) electrons. The van der Waals surface area contributed by atoms with E-state index < -0.39 is 5.91 Å². The molecule has 5 heteroatoms. The number of primary amides is 1. The van der Waals surface area contributed by atoms with Crippen LogP contribution >= 0.6 is 0 Å². The van der Waals surface area contributed by atoms with E-state index >= 15 is 0 Å². The number of para-hydroxylation sites is 1.